The molecule has 1 amide bonds. The number of esters is 1. The Bertz CT molecular complexity index is 949. The molecule has 2 aromatic carbocycles. The number of benzene rings is 2. The summed E-state index contributed by atoms with van der Waals surface area (Å²) in [6.07, 6.45) is 1.42. The van der Waals surface area contributed by atoms with Crippen molar-refractivity contribution in [2.45, 2.75) is 16.7 Å². The van der Waals surface area contributed by atoms with Gasteiger partial charge in [-0.1, -0.05) is 36.0 Å². The van der Waals surface area contributed by atoms with Gasteiger partial charge in [-0.05, 0) is 37.3 Å². The molecule has 1 aliphatic rings. The van der Waals surface area contributed by atoms with E-state index in [1.165, 1.54) is 6.26 Å². The van der Waals surface area contributed by atoms with Crippen LogP contribution in [-0.2, 0) is 9.53 Å². The maximum atomic E-state index is 12.9. The summed E-state index contributed by atoms with van der Waals surface area (Å²) in [4.78, 5) is 28.6. The summed E-state index contributed by atoms with van der Waals surface area (Å²) in [7, 11) is 0. The van der Waals surface area contributed by atoms with Crippen LogP contribution in [0.2, 0.25) is 0 Å². The molecule has 0 fully saturated rings. The van der Waals surface area contributed by atoms with E-state index in [4.69, 9.17) is 9.15 Å². The number of carbonyl (C=O) groups is 2. The lowest BCUT2D eigenvalue weighted by Gasteiger charge is -2.30. The number of fused-ring (bicyclic) bond motifs is 2. The molecule has 0 spiro atoms. The van der Waals surface area contributed by atoms with E-state index in [1.54, 1.807) is 29.7 Å². The van der Waals surface area contributed by atoms with E-state index in [0.29, 0.717) is 5.56 Å². The molecule has 4 rings (SSSR count). The highest BCUT2D eigenvalue weighted by Crippen LogP contribution is 2.47. The fraction of sp³-hybridized carbons (Fsp3) is 0.100. The summed E-state index contributed by atoms with van der Waals surface area (Å²) >= 11 is 1.61. The van der Waals surface area contributed by atoms with E-state index >= 15 is 0 Å². The summed E-state index contributed by atoms with van der Waals surface area (Å²) in [5.41, 5.74) is 2.24. The van der Waals surface area contributed by atoms with Gasteiger partial charge in [0.2, 0.25) is 5.76 Å². The van der Waals surface area contributed by atoms with Gasteiger partial charge in [0, 0.05) is 15.4 Å². The molecule has 130 valence electrons. The summed E-state index contributed by atoms with van der Waals surface area (Å²) < 4.78 is 10.3. The molecule has 0 radical (unpaired) electrons. The smallest absolute Gasteiger partial charge is 0.375 e. The predicted octanol–water partition coefficient (Wildman–Crippen LogP) is 4.57. The van der Waals surface area contributed by atoms with Crippen LogP contribution in [0.1, 0.15) is 16.1 Å². The van der Waals surface area contributed by atoms with Gasteiger partial charge >= 0.3 is 5.97 Å². The van der Waals surface area contributed by atoms with E-state index in [9.17, 15) is 9.59 Å². The van der Waals surface area contributed by atoms with Gasteiger partial charge in [0.25, 0.3) is 5.91 Å². The van der Waals surface area contributed by atoms with Crippen molar-refractivity contribution in [2.75, 3.05) is 11.5 Å². The number of anilines is 2. The molecule has 2 heterocycles. The number of nitrogens with zero attached hydrogens (tertiary/aromatic N) is 1. The number of rotatable bonds is 3. The molecule has 0 atom stereocenters. The van der Waals surface area contributed by atoms with Crippen molar-refractivity contribution in [3.05, 3.63) is 72.2 Å². The Labute approximate surface area is 154 Å². The normalized spacial score (nSPS) is 12.3. The summed E-state index contributed by atoms with van der Waals surface area (Å²) in [5, 5.41) is 0. The van der Waals surface area contributed by atoms with Crippen LogP contribution in [0.15, 0.2) is 75.1 Å². The number of aryl methyl sites for hydroxylation is 1. The largest absolute Gasteiger partial charge is 0.457 e. The van der Waals surface area contributed by atoms with Crippen LogP contribution in [0.25, 0.3) is 0 Å². The minimum absolute atomic E-state index is 0.118. The lowest BCUT2D eigenvalue weighted by molar-refractivity contribution is -0.121. The van der Waals surface area contributed by atoms with Crippen LogP contribution in [-0.4, -0.2) is 18.5 Å². The highest BCUT2D eigenvalue weighted by molar-refractivity contribution is 7.99. The summed E-state index contributed by atoms with van der Waals surface area (Å²) in [6, 6.07) is 17.0. The Morgan fingerprint density at radius 3 is 2.19 bits per heavy atom. The Balaban J connectivity index is 1.60. The molecule has 3 aromatic rings. The zero-order chi connectivity index (χ0) is 18.1. The number of ether oxygens (including phenoxy) is 1. The van der Waals surface area contributed by atoms with Crippen LogP contribution in [0.4, 0.5) is 11.4 Å². The molecule has 1 aliphatic heterocycles. The highest BCUT2D eigenvalue weighted by atomic mass is 32.2. The standard InChI is InChI=1S/C20H15NO4S/c1-13-10-11-24-19(13)20(23)25-12-18(22)21-14-6-2-4-8-16(14)26-17-9-5-3-7-15(17)21/h2-11H,12H2,1H3. The summed E-state index contributed by atoms with van der Waals surface area (Å²) in [5.74, 6) is -0.843. The van der Waals surface area contributed by atoms with E-state index in [2.05, 4.69) is 0 Å². The molecule has 0 N–H and O–H groups in total. The molecule has 0 saturated carbocycles. The van der Waals surface area contributed by atoms with Crippen LogP contribution in [0.5, 0.6) is 0 Å². The first kappa shape index (κ1) is 16.5. The number of carbonyl (C=O) groups excluding carboxylic acids is 2. The van der Waals surface area contributed by atoms with Crippen molar-refractivity contribution >= 4 is 35.0 Å². The van der Waals surface area contributed by atoms with Crippen molar-refractivity contribution in [3.63, 3.8) is 0 Å². The van der Waals surface area contributed by atoms with E-state index < -0.39 is 5.97 Å². The first-order valence-electron chi connectivity index (χ1n) is 8.05. The topological polar surface area (TPSA) is 59.8 Å². The van der Waals surface area contributed by atoms with Gasteiger partial charge in [0.05, 0.1) is 17.6 Å². The van der Waals surface area contributed by atoms with Gasteiger partial charge in [0.1, 0.15) is 0 Å². The summed E-state index contributed by atoms with van der Waals surface area (Å²) in [6.45, 7) is 1.38. The first-order chi connectivity index (χ1) is 12.6. The maximum absolute atomic E-state index is 12.9. The van der Waals surface area contributed by atoms with Crippen LogP contribution in [0.3, 0.4) is 0 Å². The van der Waals surface area contributed by atoms with E-state index in [-0.39, 0.29) is 18.3 Å². The second-order valence-electron chi connectivity index (χ2n) is 5.78. The van der Waals surface area contributed by atoms with Crippen molar-refractivity contribution in [3.8, 4) is 0 Å². The Hall–Kier alpha value is -2.99. The number of para-hydroxylation sites is 2. The molecule has 0 saturated heterocycles. The second kappa shape index (κ2) is 6.72. The highest BCUT2D eigenvalue weighted by Gasteiger charge is 2.28. The average molecular weight is 365 g/mol. The fourth-order valence-electron chi connectivity index (χ4n) is 2.81. The van der Waals surface area contributed by atoms with E-state index in [0.717, 1.165) is 21.2 Å². The van der Waals surface area contributed by atoms with Crippen molar-refractivity contribution < 1.29 is 18.7 Å². The molecule has 0 aliphatic carbocycles. The van der Waals surface area contributed by atoms with Crippen LogP contribution < -0.4 is 4.90 Å². The Morgan fingerprint density at radius 1 is 1.00 bits per heavy atom. The zero-order valence-electron chi connectivity index (χ0n) is 14.0. The lowest BCUT2D eigenvalue weighted by Crippen LogP contribution is -2.32. The lowest BCUT2D eigenvalue weighted by atomic mass is 10.2. The average Bonchev–Trinajstić information content (AvgIpc) is 3.10. The third-order valence-corrected chi connectivity index (χ3v) is 5.19. The monoisotopic (exact) mass is 365 g/mol. The quantitative estimate of drug-likeness (QED) is 0.636. The Kier molecular flexibility index (Phi) is 4.26. The van der Waals surface area contributed by atoms with Crippen molar-refractivity contribution in [2.24, 2.45) is 0 Å². The molecule has 26 heavy (non-hydrogen) atoms. The third-order valence-electron chi connectivity index (χ3n) is 4.06. The molecule has 6 heteroatoms. The third kappa shape index (κ3) is 2.88. The van der Waals surface area contributed by atoms with Gasteiger partial charge < -0.3 is 9.15 Å². The molecular weight excluding hydrogens is 350 g/mol. The van der Waals surface area contributed by atoms with Crippen molar-refractivity contribution in [1.29, 1.82) is 0 Å². The molecular formula is C20H15NO4S. The molecule has 5 nitrogen and oxygen atoms in total. The van der Waals surface area contributed by atoms with Gasteiger partial charge in [-0.2, -0.15) is 0 Å². The minimum atomic E-state index is -0.645. The fourth-order valence-corrected chi connectivity index (χ4v) is 3.87. The maximum Gasteiger partial charge on any atom is 0.375 e. The first-order valence-corrected chi connectivity index (χ1v) is 8.87. The Morgan fingerprint density at radius 2 is 1.62 bits per heavy atom. The van der Waals surface area contributed by atoms with Crippen LogP contribution in [0, 0.1) is 6.92 Å². The predicted molar refractivity (Wildman–Crippen MR) is 97.9 cm³/mol. The number of hydrogen-bond acceptors (Lipinski definition) is 5. The number of furan rings is 1. The molecule has 0 unspecified atom stereocenters. The second-order valence-corrected chi connectivity index (χ2v) is 6.86. The van der Waals surface area contributed by atoms with Crippen molar-refractivity contribution in [1.82, 2.24) is 0 Å². The number of hydrogen-bond donors (Lipinski definition) is 0. The number of amides is 1. The van der Waals surface area contributed by atoms with Gasteiger partial charge in [-0.15, -0.1) is 0 Å². The molecule has 1 aromatic heterocycles. The van der Waals surface area contributed by atoms with E-state index in [1.807, 2.05) is 48.5 Å². The zero-order valence-corrected chi connectivity index (χ0v) is 14.8. The van der Waals surface area contributed by atoms with Crippen LogP contribution >= 0.6 is 11.8 Å². The van der Waals surface area contributed by atoms with Gasteiger partial charge in [0.15, 0.2) is 6.61 Å². The molecule has 0 bridgehead atoms. The minimum Gasteiger partial charge on any atom is -0.457 e. The SMILES string of the molecule is Cc1ccoc1C(=O)OCC(=O)N1c2ccccc2Sc2ccccc21. The van der Waals surface area contributed by atoms with Gasteiger partial charge in [-0.25, -0.2) is 4.79 Å². The van der Waals surface area contributed by atoms with Gasteiger partial charge in [-0.3, -0.25) is 9.69 Å².